The highest BCUT2D eigenvalue weighted by molar-refractivity contribution is 5.24. The fraction of sp³-hybridized carbons (Fsp3) is 0.368. The van der Waals surface area contributed by atoms with Crippen LogP contribution in [0.4, 0.5) is 0 Å². The summed E-state index contributed by atoms with van der Waals surface area (Å²) < 4.78 is 0. The Bertz CT molecular complexity index is 507. The molecule has 0 heterocycles. The number of nitrogens with two attached hydrogens (primary N) is 1. The van der Waals surface area contributed by atoms with Crippen molar-refractivity contribution in [2.75, 3.05) is 0 Å². The van der Waals surface area contributed by atoms with Crippen molar-refractivity contribution in [3.05, 3.63) is 71.8 Å². The second kappa shape index (κ2) is 6.42. The molecule has 0 saturated heterocycles. The van der Waals surface area contributed by atoms with Gasteiger partial charge in [-0.15, -0.1) is 0 Å². The van der Waals surface area contributed by atoms with Gasteiger partial charge in [-0.2, -0.15) is 0 Å². The third-order valence-electron chi connectivity index (χ3n) is 4.48. The fourth-order valence-electron chi connectivity index (χ4n) is 2.66. The molecule has 0 aliphatic rings. The lowest BCUT2D eigenvalue weighted by Crippen LogP contribution is -2.60. The van der Waals surface area contributed by atoms with E-state index in [0.29, 0.717) is 12.8 Å². The van der Waals surface area contributed by atoms with Gasteiger partial charge in [0.1, 0.15) is 0 Å². The SMILES string of the molecule is CC[C@](C)(N)C(O)(Cc1ccccc1)Cc1ccccc1. The first-order chi connectivity index (χ1) is 9.97. The average Bonchev–Trinajstić information content (AvgIpc) is 2.49. The molecule has 0 amide bonds. The van der Waals surface area contributed by atoms with Gasteiger partial charge in [0.2, 0.25) is 0 Å². The van der Waals surface area contributed by atoms with Gasteiger partial charge in [-0.1, -0.05) is 67.6 Å². The van der Waals surface area contributed by atoms with Crippen LogP contribution in [0.15, 0.2) is 60.7 Å². The van der Waals surface area contributed by atoms with Crippen molar-refractivity contribution < 1.29 is 5.11 Å². The first kappa shape index (κ1) is 15.7. The Morgan fingerprint density at radius 2 is 1.24 bits per heavy atom. The van der Waals surface area contributed by atoms with Crippen LogP contribution in [0.25, 0.3) is 0 Å². The lowest BCUT2D eigenvalue weighted by molar-refractivity contribution is -0.0300. The Hall–Kier alpha value is -1.64. The maximum Gasteiger partial charge on any atom is 0.0903 e. The molecule has 0 radical (unpaired) electrons. The Kier molecular flexibility index (Phi) is 4.81. The van der Waals surface area contributed by atoms with Gasteiger partial charge in [-0.05, 0) is 24.5 Å². The van der Waals surface area contributed by atoms with Crippen LogP contribution in [0.5, 0.6) is 0 Å². The van der Waals surface area contributed by atoms with Crippen LogP contribution in [0.2, 0.25) is 0 Å². The highest BCUT2D eigenvalue weighted by Crippen LogP contribution is 2.31. The molecule has 0 aromatic heterocycles. The predicted octanol–water partition coefficient (Wildman–Crippen LogP) is 3.33. The summed E-state index contributed by atoms with van der Waals surface area (Å²) in [6.07, 6.45) is 1.84. The fourth-order valence-corrected chi connectivity index (χ4v) is 2.66. The molecule has 2 aromatic rings. The standard InChI is InChI=1S/C19H25NO/c1-3-18(2,20)19(21,14-16-10-6-4-7-11-16)15-17-12-8-5-9-13-17/h4-13,21H,3,14-15,20H2,1-2H3/t18-/m0/s1. The molecular formula is C19H25NO. The highest BCUT2D eigenvalue weighted by atomic mass is 16.3. The van der Waals surface area contributed by atoms with Gasteiger partial charge in [0.05, 0.1) is 5.60 Å². The maximum absolute atomic E-state index is 11.3. The molecule has 0 fully saturated rings. The molecule has 0 spiro atoms. The van der Waals surface area contributed by atoms with Gasteiger partial charge < -0.3 is 10.8 Å². The quantitative estimate of drug-likeness (QED) is 0.854. The van der Waals surface area contributed by atoms with E-state index in [1.807, 2.05) is 74.5 Å². The molecule has 0 saturated carbocycles. The maximum atomic E-state index is 11.3. The van der Waals surface area contributed by atoms with Crippen molar-refractivity contribution in [1.82, 2.24) is 0 Å². The summed E-state index contributed by atoms with van der Waals surface area (Å²) in [6, 6.07) is 20.1. The van der Waals surface area contributed by atoms with E-state index in [4.69, 9.17) is 5.73 Å². The average molecular weight is 283 g/mol. The zero-order valence-corrected chi connectivity index (χ0v) is 12.9. The van der Waals surface area contributed by atoms with Crippen molar-refractivity contribution in [1.29, 1.82) is 0 Å². The van der Waals surface area contributed by atoms with Crippen LogP contribution in [0, 0.1) is 0 Å². The number of benzene rings is 2. The van der Waals surface area contributed by atoms with Crippen molar-refractivity contribution in [3.63, 3.8) is 0 Å². The van der Waals surface area contributed by atoms with Gasteiger partial charge >= 0.3 is 0 Å². The van der Waals surface area contributed by atoms with Gasteiger partial charge in [0.15, 0.2) is 0 Å². The first-order valence-corrected chi connectivity index (χ1v) is 7.56. The summed E-state index contributed by atoms with van der Waals surface area (Å²) in [5, 5.41) is 11.3. The third kappa shape index (κ3) is 3.72. The van der Waals surface area contributed by atoms with E-state index in [1.54, 1.807) is 0 Å². The minimum absolute atomic E-state index is 0.559. The molecular weight excluding hydrogens is 258 g/mol. The van der Waals surface area contributed by atoms with E-state index >= 15 is 0 Å². The van der Waals surface area contributed by atoms with E-state index < -0.39 is 11.1 Å². The van der Waals surface area contributed by atoms with Crippen molar-refractivity contribution in [2.45, 2.75) is 44.2 Å². The first-order valence-electron chi connectivity index (χ1n) is 7.56. The molecule has 0 unspecified atom stereocenters. The summed E-state index contributed by atoms with van der Waals surface area (Å²) in [5.74, 6) is 0. The van der Waals surface area contributed by atoms with Crippen LogP contribution in [-0.4, -0.2) is 16.2 Å². The molecule has 21 heavy (non-hydrogen) atoms. The molecule has 2 nitrogen and oxygen atoms in total. The summed E-state index contributed by atoms with van der Waals surface area (Å²) in [7, 11) is 0. The van der Waals surface area contributed by atoms with Crippen molar-refractivity contribution in [3.8, 4) is 0 Å². The minimum Gasteiger partial charge on any atom is -0.387 e. The second-order valence-electron chi connectivity index (χ2n) is 6.13. The van der Waals surface area contributed by atoms with Crippen LogP contribution in [-0.2, 0) is 12.8 Å². The van der Waals surface area contributed by atoms with Crippen molar-refractivity contribution >= 4 is 0 Å². The predicted molar refractivity (Wildman–Crippen MR) is 88.1 cm³/mol. The largest absolute Gasteiger partial charge is 0.387 e. The molecule has 112 valence electrons. The minimum atomic E-state index is -0.968. The highest BCUT2D eigenvalue weighted by Gasteiger charge is 2.42. The second-order valence-corrected chi connectivity index (χ2v) is 6.13. The summed E-state index contributed by atoms with van der Waals surface area (Å²) in [6.45, 7) is 3.97. The van der Waals surface area contributed by atoms with Gasteiger partial charge in [-0.25, -0.2) is 0 Å². The molecule has 0 aliphatic heterocycles. The monoisotopic (exact) mass is 283 g/mol. The lowest BCUT2D eigenvalue weighted by atomic mass is 9.72. The molecule has 0 bridgehead atoms. The zero-order chi connectivity index (χ0) is 15.3. The zero-order valence-electron chi connectivity index (χ0n) is 12.9. The molecule has 2 heteroatoms. The van der Waals surface area contributed by atoms with Gasteiger partial charge in [-0.3, -0.25) is 0 Å². The van der Waals surface area contributed by atoms with E-state index in [2.05, 4.69) is 0 Å². The number of aliphatic hydroxyl groups is 1. The Morgan fingerprint density at radius 3 is 1.57 bits per heavy atom. The summed E-state index contributed by atoms with van der Waals surface area (Å²) in [5.41, 5.74) is 7.06. The molecule has 1 atom stereocenters. The number of rotatable bonds is 6. The van der Waals surface area contributed by atoms with E-state index in [1.165, 1.54) is 0 Å². The van der Waals surface area contributed by atoms with E-state index in [-0.39, 0.29) is 0 Å². The molecule has 2 aromatic carbocycles. The van der Waals surface area contributed by atoms with Gasteiger partial charge in [0.25, 0.3) is 0 Å². The number of hydrogen-bond donors (Lipinski definition) is 2. The van der Waals surface area contributed by atoms with Crippen LogP contribution in [0.1, 0.15) is 31.4 Å². The molecule has 3 N–H and O–H groups in total. The van der Waals surface area contributed by atoms with E-state index in [9.17, 15) is 5.11 Å². The van der Waals surface area contributed by atoms with E-state index in [0.717, 1.165) is 17.5 Å². The van der Waals surface area contributed by atoms with Crippen LogP contribution < -0.4 is 5.73 Å². The van der Waals surface area contributed by atoms with Crippen molar-refractivity contribution in [2.24, 2.45) is 5.73 Å². The lowest BCUT2D eigenvalue weighted by Gasteiger charge is -2.42. The summed E-state index contributed by atoms with van der Waals surface area (Å²) in [4.78, 5) is 0. The summed E-state index contributed by atoms with van der Waals surface area (Å²) >= 11 is 0. The Balaban J connectivity index is 2.31. The normalized spacial score (nSPS) is 14.7. The molecule has 0 aliphatic carbocycles. The topological polar surface area (TPSA) is 46.2 Å². The van der Waals surface area contributed by atoms with Crippen LogP contribution >= 0.6 is 0 Å². The number of hydrogen-bond acceptors (Lipinski definition) is 2. The Morgan fingerprint density at radius 1 is 0.857 bits per heavy atom. The Labute approximate surface area is 127 Å². The molecule has 2 rings (SSSR count). The van der Waals surface area contributed by atoms with Crippen LogP contribution in [0.3, 0.4) is 0 Å². The van der Waals surface area contributed by atoms with Gasteiger partial charge in [0, 0.05) is 18.4 Å². The smallest absolute Gasteiger partial charge is 0.0903 e. The third-order valence-corrected chi connectivity index (χ3v) is 4.48.